The fourth-order valence-electron chi connectivity index (χ4n) is 7.29. The lowest BCUT2D eigenvalue weighted by Gasteiger charge is -2.29. The third-order valence-corrected chi connectivity index (χ3v) is 10.6. The van der Waals surface area contributed by atoms with Crippen LogP contribution in [-0.4, -0.2) is 102 Å². The molecule has 7 rings (SSSR count). The number of benzene rings is 2. The number of rotatable bonds is 10. The molecular weight excluding hydrogens is 713 g/mol. The summed E-state index contributed by atoms with van der Waals surface area (Å²) in [5.74, 6) is 0.912. The fourth-order valence-corrected chi connectivity index (χ4v) is 7.86. The molecular formula is C37H42N10O6S. The van der Waals surface area contributed by atoms with Crippen LogP contribution in [0.25, 0.3) is 44.7 Å². The van der Waals surface area contributed by atoms with Crippen LogP contribution in [0.3, 0.4) is 0 Å². The average Bonchev–Trinajstić information content (AvgIpc) is 4.04. The molecule has 282 valence electrons. The molecule has 4 N–H and O–H groups in total. The van der Waals surface area contributed by atoms with Crippen molar-refractivity contribution in [2.45, 2.75) is 57.7 Å². The Morgan fingerprint density at radius 3 is 2.04 bits per heavy atom. The zero-order valence-corrected chi connectivity index (χ0v) is 31.2. The average molecular weight is 755 g/mol. The smallest absolute Gasteiger partial charge is 0.407 e. The highest BCUT2D eigenvalue weighted by atomic mass is 32.1. The number of hydrogen-bond donors (Lipinski definition) is 4. The number of aromatic amines is 2. The fraction of sp³-hybridized carbons (Fsp3) is 0.405. The van der Waals surface area contributed by atoms with Gasteiger partial charge in [-0.25, -0.2) is 19.6 Å². The molecule has 0 saturated carbocycles. The van der Waals surface area contributed by atoms with E-state index >= 15 is 0 Å². The first-order valence-corrected chi connectivity index (χ1v) is 18.6. The van der Waals surface area contributed by atoms with Crippen molar-refractivity contribution in [2.75, 3.05) is 33.9 Å². The van der Waals surface area contributed by atoms with Gasteiger partial charge >= 0.3 is 12.2 Å². The molecule has 2 aliphatic heterocycles. The van der Waals surface area contributed by atoms with Gasteiger partial charge in [-0.15, -0.1) is 0 Å². The number of aromatic nitrogens is 6. The highest BCUT2D eigenvalue weighted by molar-refractivity contribution is 7.00. The summed E-state index contributed by atoms with van der Waals surface area (Å²) in [6, 6.07) is 10.9. The van der Waals surface area contributed by atoms with E-state index < -0.39 is 18.2 Å². The van der Waals surface area contributed by atoms with Crippen LogP contribution < -0.4 is 10.6 Å². The lowest BCUT2D eigenvalue weighted by atomic mass is 9.99. The topological polar surface area (TPSA) is 200 Å². The molecule has 3 atom stereocenters. The van der Waals surface area contributed by atoms with Gasteiger partial charge in [-0.2, -0.15) is 8.75 Å². The molecule has 5 aromatic rings. The minimum atomic E-state index is -0.700. The van der Waals surface area contributed by atoms with Gasteiger partial charge in [0.2, 0.25) is 11.8 Å². The van der Waals surface area contributed by atoms with Gasteiger partial charge in [0, 0.05) is 42.2 Å². The highest BCUT2D eigenvalue weighted by Crippen LogP contribution is 2.37. The van der Waals surface area contributed by atoms with Crippen LogP contribution in [0.5, 0.6) is 0 Å². The van der Waals surface area contributed by atoms with Crippen molar-refractivity contribution < 1.29 is 28.7 Å². The van der Waals surface area contributed by atoms with E-state index in [1.54, 1.807) is 9.80 Å². The molecule has 0 aliphatic carbocycles. The summed E-state index contributed by atoms with van der Waals surface area (Å²) in [4.78, 5) is 69.7. The Morgan fingerprint density at radius 1 is 0.796 bits per heavy atom. The molecule has 2 saturated heterocycles. The van der Waals surface area contributed by atoms with Crippen molar-refractivity contribution >= 4 is 46.8 Å². The van der Waals surface area contributed by atoms with Gasteiger partial charge < -0.3 is 39.9 Å². The number of likely N-dealkylation sites (tertiary alicyclic amines) is 2. The molecule has 5 heterocycles. The number of hydrogen-bond acceptors (Lipinski definition) is 11. The molecule has 17 heteroatoms. The lowest BCUT2D eigenvalue weighted by Crippen LogP contribution is -2.51. The largest absolute Gasteiger partial charge is 0.453 e. The maximum Gasteiger partial charge on any atom is 0.407 e. The maximum atomic E-state index is 13.6. The summed E-state index contributed by atoms with van der Waals surface area (Å²) < 4.78 is 18.6. The summed E-state index contributed by atoms with van der Waals surface area (Å²) in [6.07, 6.45) is 5.59. The molecule has 54 heavy (non-hydrogen) atoms. The molecule has 16 nitrogen and oxygen atoms in total. The van der Waals surface area contributed by atoms with Gasteiger partial charge in [0.1, 0.15) is 35.3 Å². The number of methoxy groups -OCH3 is 2. The monoisotopic (exact) mass is 754 g/mol. The van der Waals surface area contributed by atoms with E-state index in [0.29, 0.717) is 30.4 Å². The first kappa shape index (κ1) is 36.5. The second-order valence-electron chi connectivity index (χ2n) is 13.7. The van der Waals surface area contributed by atoms with E-state index in [2.05, 4.69) is 34.1 Å². The minimum absolute atomic E-state index is 0.115. The number of carbonyl (C=O) groups excluding carboxylic acids is 4. The first-order valence-electron chi connectivity index (χ1n) is 17.9. The zero-order valence-electron chi connectivity index (χ0n) is 30.4. The van der Waals surface area contributed by atoms with Crippen LogP contribution in [-0.2, 0) is 19.1 Å². The minimum Gasteiger partial charge on any atom is -0.453 e. The van der Waals surface area contributed by atoms with Gasteiger partial charge in [0.05, 0.1) is 49.4 Å². The van der Waals surface area contributed by atoms with Crippen molar-refractivity contribution in [3.05, 3.63) is 60.4 Å². The second kappa shape index (κ2) is 15.6. The molecule has 0 spiro atoms. The first-order chi connectivity index (χ1) is 26.2. The van der Waals surface area contributed by atoms with Crippen LogP contribution >= 0.6 is 11.7 Å². The molecule has 0 unspecified atom stereocenters. The van der Waals surface area contributed by atoms with Gasteiger partial charge in [-0.05, 0) is 43.2 Å². The normalized spacial score (nSPS) is 17.6. The quantitative estimate of drug-likeness (QED) is 0.147. The summed E-state index contributed by atoms with van der Waals surface area (Å²) >= 11 is 1.14. The number of alkyl carbamates (subject to hydrolysis) is 2. The Hall–Kier alpha value is -5.84. The van der Waals surface area contributed by atoms with Crippen molar-refractivity contribution in [2.24, 2.45) is 5.92 Å². The number of H-pyrrole nitrogens is 2. The molecule has 0 radical (unpaired) electrons. The Bertz CT molecular complexity index is 2160. The van der Waals surface area contributed by atoms with E-state index in [0.717, 1.165) is 76.4 Å². The van der Waals surface area contributed by atoms with Crippen LogP contribution in [0, 0.1) is 5.92 Å². The summed E-state index contributed by atoms with van der Waals surface area (Å²) in [5, 5.41) is 5.15. The van der Waals surface area contributed by atoms with E-state index in [1.165, 1.54) is 14.2 Å². The van der Waals surface area contributed by atoms with Crippen molar-refractivity contribution in [3.8, 4) is 33.6 Å². The van der Waals surface area contributed by atoms with Gasteiger partial charge in [-0.1, -0.05) is 44.2 Å². The second-order valence-corrected chi connectivity index (χ2v) is 14.2. The Labute approximate surface area is 315 Å². The lowest BCUT2D eigenvalue weighted by molar-refractivity contribution is -0.135. The number of imidazole rings is 2. The molecule has 0 bridgehead atoms. The Balaban J connectivity index is 1.06. The van der Waals surface area contributed by atoms with Crippen LogP contribution in [0.4, 0.5) is 9.59 Å². The number of fused-ring (bicyclic) bond motifs is 1. The SMILES string of the molecule is COC(=O)NCC(=O)N1CCC[C@H]1c1nc(-c2ccc(-c3ccc(-c4c[nH]c([C@@H]5CCCN5C(=O)[C@@H](NC(=O)OC)C(C)C)n4)cc3)c3nsnc23)c[nH]1. The third kappa shape index (κ3) is 7.22. The van der Waals surface area contributed by atoms with E-state index in [4.69, 9.17) is 14.7 Å². The Morgan fingerprint density at radius 2 is 1.37 bits per heavy atom. The number of ether oxygens (including phenoxy) is 2. The van der Waals surface area contributed by atoms with E-state index in [1.807, 2.05) is 62.6 Å². The van der Waals surface area contributed by atoms with Crippen LogP contribution in [0.1, 0.15) is 63.3 Å². The van der Waals surface area contributed by atoms with Gasteiger partial charge in [-0.3, -0.25) is 9.59 Å². The standard InChI is InChI=1S/C37H42N10O6S/c1-20(2)30(43-37(51)53-4)35(49)47-16-6-8-28(47)34-38-17-25(41-34)22-11-9-21(10-12-22)23-13-14-24(32-31(23)44-54-45-32)26-18-39-33(42-26)27-7-5-15-46(27)29(48)19-40-36(50)52-3/h9-14,17-18,20,27-28,30H,5-8,15-16,19H2,1-4H3,(H,38,41)(H,39,42)(H,40,50)(H,43,51)/t27-,28-,30-/m0/s1. The van der Waals surface area contributed by atoms with Crippen molar-refractivity contribution in [1.29, 1.82) is 0 Å². The number of nitrogens with zero attached hydrogens (tertiary/aromatic N) is 6. The molecule has 4 amide bonds. The maximum absolute atomic E-state index is 13.6. The van der Waals surface area contributed by atoms with Crippen LogP contribution in [0.15, 0.2) is 48.8 Å². The number of nitrogens with one attached hydrogen (secondary N) is 4. The van der Waals surface area contributed by atoms with E-state index in [9.17, 15) is 19.2 Å². The zero-order chi connectivity index (χ0) is 37.9. The number of carbonyl (C=O) groups is 4. The predicted octanol–water partition coefficient (Wildman–Crippen LogP) is 5.20. The predicted molar refractivity (Wildman–Crippen MR) is 200 cm³/mol. The van der Waals surface area contributed by atoms with Crippen molar-refractivity contribution in [3.63, 3.8) is 0 Å². The van der Waals surface area contributed by atoms with Crippen molar-refractivity contribution in [1.82, 2.24) is 49.1 Å². The van der Waals surface area contributed by atoms with Gasteiger partial charge in [0.25, 0.3) is 0 Å². The third-order valence-electron chi connectivity index (χ3n) is 10.1. The van der Waals surface area contributed by atoms with Gasteiger partial charge in [0.15, 0.2) is 0 Å². The summed E-state index contributed by atoms with van der Waals surface area (Å²) in [5.41, 5.74) is 6.59. The van der Waals surface area contributed by atoms with Crippen LogP contribution in [0.2, 0.25) is 0 Å². The molecule has 2 aromatic carbocycles. The molecule has 2 fully saturated rings. The molecule has 3 aromatic heterocycles. The summed E-state index contributed by atoms with van der Waals surface area (Å²) in [6.45, 7) is 4.80. The molecule has 2 aliphatic rings. The number of amides is 4. The highest BCUT2D eigenvalue weighted by Gasteiger charge is 2.38. The summed E-state index contributed by atoms with van der Waals surface area (Å²) in [7, 11) is 2.54. The van der Waals surface area contributed by atoms with E-state index in [-0.39, 0.29) is 36.4 Å². The Kier molecular flexibility index (Phi) is 10.6.